The number of rotatable bonds is 5. The second-order valence-electron chi connectivity index (χ2n) is 3.94. The highest BCUT2D eigenvalue weighted by Gasteiger charge is 2.11. The number of hydrogen-bond donors (Lipinski definition) is 1. The molecule has 0 radical (unpaired) electrons. The van der Waals surface area contributed by atoms with Crippen molar-refractivity contribution in [1.29, 1.82) is 0 Å². The van der Waals surface area contributed by atoms with Crippen LogP contribution in [0.25, 0.3) is 0 Å². The fourth-order valence-corrected chi connectivity index (χ4v) is 2.58. The molecule has 1 atom stereocenters. The predicted octanol–water partition coefficient (Wildman–Crippen LogP) is 3.66. The molecule has 1 aromatic heterocycles. The van der Waals surface area contributed by atoms with Crippen molar-refractivity contribution in [3.8, 4) is 5.75 Å². The van der Waals surface area contributed by atoms with Gasteiger partial charge in [0, 0.05) is 28.6 Å². The van der Waals surface area contributed by atoms with Gasteiger partial charge in [-0.2, -0.15) is 0 Å². The molecule has 0 fully saturated rings. The van der Waals surface area contributed by atoms with Crippen molar-refractivity contribution in [2.75, 3.05) is 7.11 Å². The first-order chi connectivity index (χ1) is 8.72. The molecule has 5 heteroatoms. The van der Waals surface area contributed by atoms with Crippen molar-refractivity contribution in [2.24, 2.45) is 0 Å². The molecule has 0 aliphatic heterocycles. The molecule has 1 heterocycles. The van der Waals surface area contributed by atoms with Crippen molar-refractivity contribution in [3.05, 3.63) is 45.4 Å². The molecule has 0 aliphatic carbocycles. The molecule has 1 aromatic carbocycles. The van der Waals surface area contributed by atoms with E-state index in [9.17, 15) is 0 Å². The molecule has 1 unspecified atom stereocenters. The largest absolute Gasteiger partial charge is 0.496 e. The Labute approximate surface area is 116 Å². The lowest BCUT2D eigenvalue weighted by atomic mass is 10.1. The van der Waals surface area contributed by atoms with E-state index in [-0.39, 0.29) is 6.04 Å². The van der Waals surface area contributed by atoms with Gasteiger partial charge in [-0.1, -0.05) is 17.7 Å². The number of aromatic nitrogens is 1. The van der Waals surface area contributed by atoms with Crippen LogP contribution < -0.4 is 10.1 Å². The van der Waals surface area contributed by atoms with Gasteiger partial charge in [0.25, 0.3) is 0 Å². The summed E-state index contributed by atoms with van der Waals surface area (Å²) in [6.45, 7) is 2.74. The van der Waals surface area contributed by atoms with Crippen LogP contribution in [0.15, 0.2) is 29.1 Å². The van der Waals surface area contributed by atoms with Gasteiger partial charge >= 0.3 is 0 Å². The lowest BCUT2D eigenvalue weighted by Crippen LogP contribution is -2.19. The Balaban J connectivity index is 2.06. The lowest BCUT2D eigenvalue weighted by molar-refractivity contribution is 0.406. The summed E-state index contributed by atoms with van der Waals surface area (Å²) >= 11 is 7.78. The van der Waals surface area contributed by atoms with Gasteiger partial charge in [-0.15, -0.1) is 11.3 Å². The van der Waals surface area contributed by atoms with Gasteiger partial charge in [0.05, 0.1) is 18.3 Å². The zero-order valence-electron chi connectivity index (χ0n) is 10.3. The maximum absolute atomic E-state index is 6.18. The van der Waals surface area contributed by atoms with Crippen LogP contribution in [0.1, 0.15) is 24.2 Å². The van der Waals surface area contributed by atoms with Crippen molar-refractivity contribution >= 4 is 22.9 Å². The van der Waals surface area contributed by atoms with Crippen LogP contribution in [-0.4, -0.2) is 12.1 Å². The fraction of sp³-hybridized carbons (Fsp3) is 0.308. The summed E-state index contributed by atoms with van der Waals surface area (Å²) in [5, 5.41) is 6.15. The Kier molecular flexibility index (Phi) is 4.58. The second kappa shape index (κ2) is 6.18. The highest BCUT2D eigenvalue weighted by atomic mass is 35.5. The van der Waals surface area contributed by atoms with E-state index in [0.29, 0.717) is 11.6 Å². The van der Waals surface area contributed by atoms with Gasteiger partial charge in [-0.3, -0.25) is 0 Å². The minimum atomic E-state index is 0.192. The second-order valence-corrected chi connectivity index (χ2v) is 5.06. The van der Waals surface area contributed by atoms with Crippen LogP contribution >= 0.6 is 22.9 Å². The van der Waals surface area contributed by atoms with E-state index in [1.165, 1.54) is 0 Å². The Hall–Kier alpha value is -1.10. The maximum Gasteiger partial charge on any atom is 0.124 e. The minimum absolute atomic E-state index is 0.192. The van der Waals surface area contributed by atoms with E-state index >= 15 is 0 Å². The van der Waals surface area contributed by atoms with Crippen molar-refractivity contribution < 1.29 is 4.74 Å². The number of methoxy groups -OCH3 is 1. The topological polar surface area (TPSA) is 34.1 Å². The van der Waals surface area contributed by atoms with Crippen molar-refractivity contribution in [1.82, 2.24) is 10.3 Å². The molecule has 2 rings (SSSR count). The van der Waals surface area contributed by atoms with Crippen LogP contribution in [-0.2, 0) is 6.54 Å². The molecule has 3 nitrogen and oxygen atoms in total. The molecule has 96 valence electrons. The molecule has 2 aromatic rings. The highest BCUT2D eigenvalue weighted by molar-refractivity contribution is 7.07. The Morgan fingerprint density at radius 2 is 2.33 bits per heavy atom. The SMILES string of the molecule is COc1cccc(Cl)c1CNC(C)c1cscn1. The average Bonchev–Trinajstić information content (AvgIpc) is 2.90. The summed E-state index contributed by atoms with van der Waals surface area (Å²) in [6, 6.07) is 5.86. The summed E-state index contributed by atoms with van der Waals surface area (Å²) in [7, 11) is 1.65. The summed E-state index contributed by atoms with van der Waals surface area (Å²) in [4.78, 5) is 4.29. The molecule has 0 aliphatic rings. The number of benzene rings is 1. The van der Waals surface area contributed by atoms with Crippen LogP contribution in [0.5, 0.6) is 5.75 Å². The van der Waals surface area contributed by atoms with Crippen LogP contribution in [0.2, 0.25) is 5.02 Å². The van der Waals surface area contributed by atoms with E-state index in [1.54, 1.807) is 18.4 Å². The third-order valence-electron chi connectivity index (χ3n) is 2.78. The summed E-state index contributed by atoms with van der Waals surface area (Å²) < 4.78 is 5.31. The summed E-state index contributed by atoms with van der Waals surface area (Å²) in [6.07, 6.45) is 0. The van der Waals surface area contributed by atoms with Crippen LogP contribution in [0, 0.1) is 0 Å². The number of hydrogen-bond acceptors (Lipinski definition) is 4. The molecule has 0 spiro atoms. The standard InChI is InChI=1S/C13H15ClN2OS/c1-9(12-7-18-8-16-12)15-6-10-11(14)4-3-5-13(10)17-2/h3-5,7-9,15H,6H2,1-2H3. The molecule has 1 N–H and O–H groups in total. The number of thiazole rings is 1. The first kappa shape index (κ1) is 13.3. The predicted molar refractivity (Wildman–Crippen MR) is 75.4 cm³/mol. The van der Waals surface area contributed by atoms with Gasteiger partial charge in [0.2, 0.25) is 0 Å². The molecular formula is C13H15ClN2OS. The molecular weight excluding hydrogens is 268 g/mol. The molecule has 0 saturated carbocycles. The normalized spacial score (nSPS) is 12.4. The quantitative estimate of drug-likeness (QED) is 0.909. The average molecular weight is 283 g/mol. The van der Waals surface area contributed by atoms with E-state index < -0.39 is 0 Å². The van der Waals surface area contributed by atoms with Crippen molar-refractivity contribution in [2.45, 2.75) is 19.5 Å². The Morgan fingerprint density at radius 3 is 3.00 bits per heavy atom. The molecule has 18 heavy (non-hydrogen) atoms. The van der Waals surface area contributed by atoms with Gasteiger partial charge in [-0.25, -0.2) is 4.98 Å². The minimum Gasteiger partial charge on any atom is -0.496 e. The van der Waals surface area contributed by atoms with Gasteiger partial charge in [-0.05, 0) is 19.1 Å². The Bertz CT molecular complexity index is 502. The summed E-state index contributed by atoms with van der Waals surface area (Å²) in [5.74, 6) is 0.806. The fourth-order valence-electron chi connectivity index (χ4n) is 1.70. The first-order valence-corrected chi connectivity index (χ1v) is 6.97. The van der Waals surface area contributed by atoms with Crippen molar-refractivity contribution in [3.63, 3.8) is 0 Å². The zero-order chi connectivity index (χ0) is 13.0. The van der Waals surface area contributed by atoms with Gasteiger partial charge in [0.1, 0.15) is 5.75 Å². The van der Waals surface area contributed by atoms with Crippen LogP contribution in [0.4, 0.5) is 0 Å². The zero-order valence-corrected chi connectivity index (χ0v) is 11.9. The lowest BCUT2D eigenvalue weighted by Gasteiger charge is -2.14. The maximum atomic E-state index is 6.18. The number of halogens is 1. The summed E-state index contributed by atoms with van der Waals surface area (Å²) in [5.41, 5.74) is 3.86. The smallest absolute Gasteiger partial charge is 0.124 e. The monoisotopic (exact) mass is 282 g/mol. The highest BCUT2D eigenvalue weighted by Crippen LogP contribution is 2.26. The van der Waals surface area contributed by atoms with E-state index in [2.05, 4.69) is 17.2 Å². The molecule has 0 bridgehead atoms. The first-order valence-electron chi connectivity index (χ1n) is 5.65. The number of nitrogens with one attached hydrogen (secondary N) is 1. The third-order valence-corrected chi connectivity index (χ3v) is 3.73. The Morgan fingerprint density at radius 1 is 1.50 bits per heavy atom. The third kappa shape index (κ3) is 3.02. The molecule has 0 amide bonds. The van der Waals surface area contributed by atoms with Gasteiger partial charge in [0.15, 0.2) is 0 Å². The van der Waals surface area contributed by atoms with E-state index in [4.69, 9.17) is 16.3 Å². The van der Waals surface area contributed by atoms with Gasteiger partial charge < -0.3 is 10.1 Å². The number of nitrogens with zero attached hydrogens (tertiary/aromatic N) is 1. The van der Waals surface area contributed by atoms with Crippen LogP contribution in [0.3, 0.4) is 0 Å². The van der Waals surface area contributed by atoms with E-state index in [1.807, 2.05) is 29.1 Å². The van der Waals surface area contributed by atoms with E-state index in [0.717, 1.165) is 17.0 Å². The molecule has 0 saturated heterocycles. The number of ether oxygens (including phenoxy) is 1.